The molecule has 0 radical (unpaired) electrons. The average Bonchev–Trinajstić information content (AvgIpc) is 2.66. The predicted molar refractivity (Wildman–Crippen MR) is 72.8 cm³/mol. The number of methoxy groups -OCH3 is 1. The van der Waals surface area contributed by atoms with Gasteiger partial charge in [-0.25, -0.2) is 4.98 Å². The van der Waals surface area contributed by atoms with Crippen molar-refractivity contribution in [3.05, 3.63) is 15.6 Å². The van der Waals surface area contributed by atoms with E-state index in [1.54, 1.807) is 18.4 Å². The van der Waals surface area contributed by atoms with Crippen LogP contribution in [0.4, 0.5) is 0 Å². The lowest BCUT2D eigenvalue weighted by atomic mass is 10.3. The maximum absolute atomic E-state index is 11.7. The largest absolute Gasteiger partial charge is 0.383 e. The van der Waals surface area contributed by atoms with Gasteiger partial charge >= 0.3 is 0 Å². The average molecular weight is 271 g/mol. The van der Waals surface area contributed by atoms with E-state index in [1.807, 2.05) is 13.8 Å². The lowest BCUT2D eigenvalue weighted by Gasteiger charge is -2.12. The molecule has 1 heterocycles. The highest BCUT2D eigenvalue weighted by Gasteiger charge is 2.12. The van der Waals surface area contributed by atoms with E-state index in [4.69, 9.17) is 4.74 Å². The zero-order valence-corrected chi connectivity index (χ0v) is 12.2. The molecule has 6 heteroatoms. The van der Waals surface area contributed by atoms with E-state index in [0.717, 1.165) is 10.7 Å². The molecule has 0 spiro atoms. The first-order valence-electron chi connectivity index (χ1n) is 5.97. The molecule has 1 unspecified atom stereocenters. The van der Waals surface area contributed by atoms with Crippen LogP contribution >= 0.6 is 11.3 Å². The fourth-order valence-corrected chi connectivity index (χ4v) is 2.26. The fourth-order valence-electron chi connectivity index (χ4n) is 1.38. The van der Waals surface area contributed by atoms with Gasteiger partial charge in [0.2, 0.25) is 5.91 Å². The number of aryl methyl sites for hydroxylation is 2. The second-order valence-electron chi connectivity index (χ2n) is 4.14. The molecular formula is C12H21N3O2S. The number of carbonyl (C=O) groups excluding carboxylic acids is 1. The molecule has 0 saturated heterocycles. The van der Waals surface area contributed by atoms with Crippen LogP contribution in [0.2, 0.25) is 0 Å². The van der Waals surface area contributed by atoms with Crippen molar-refractivity contribution in [1.82, 2.24) is 15.6 Å². The summed E-state index contributed by atoms with van der Waals surface area (Å²) in [4.78, 5) is 17.3. The Morgan fingerprint density at radius 1 is 1.50 bits per heavy atom. The number of hydrogen-bond acceptors (Lipinski definition) is 5. The molecule has 102 valence electrons. The molecule has 0 saturated carbocycles. The summed E-state index contributed by atoms with van der Waals surface area (Å²) in [5, 5.41) is 6.97. The van der Waals surface area contributed by atoms with Crippen molar-refractivity contribution in [1.29, 1.82) is 0 Å². The van der Waals surface area contributed by atoms with Gasteiger partial charge in [-0.1, -0.05) is 0 Å². The van der Waals surface area contributed by atoms with Gasteiger partial charge < -0.3 is 10.1 Å². The Morgan fingerprint density at radius 2 is 2.22 bits per heavy atom. The second-order valence-corrected chi connectivity index (χ2v) is 5.42. The smallest absolute Gasteiger partial charge is 0.236 e. The topological polar surface area (TPSA) is 63.2 Å². The third kappa shape index (κ3) is 4.72. The first-order valence-corrected chi connectivity index (χ1v) is 6.79. The molecule has 0 aliphatic rings. The summed E-state index contributed by atoms with van der Waals surface area (Å²) in [5.41, 5.74) is 1.06. The molecule has 5 nitrogen and oxygen atoms in total. The quantitative estimate of drug-likeness (QED) is 0.726. The molecule has 0 fully saturated rings. The Hall–Kier alpha value is -0.980. The molecule has 1 aromatic rings. The molecule has 1 amide bonds. The lowest BCUT2D eigenvalue weighted by Crippen LogP contribution is -2.42. The first kappa shape index (κ1) is 15.1. The molecule has 0 bridgehead atoms. The minimum Gasteiger partial charge on any atom is -0.383 e. The number of rotatable bonds is 7. The van der Waals surface area contributed by atoms with Gasteiger partial charge in [-0.15, -0.1) is 11.3 Å². The number of amides is 1. The fraction of sp³-hybridized carbons (Fsp3) is 0.667. The summed E-state index contributed by atoms with van der Waals surface area (Å²) >= 11 is 1.66. The first-order chi connectivity index (χ1) is 8.54. The van der Waals surface area contributed by atoms with Crippen LogP contribution in [0.25, 0.3) is 0 Å². The summed E-state index contributed by atoms with van der Waals surface area (Å²) in [7, 11) is 1.61. The van der Waals surface area contributed by atoms with Crippen LogP contribution in [0.15, 0.2) is 0 Å². The molecule has 18 heavy (non-hydrogen) atoms. The number of nitrogens with one attached hydrogen (secondary N) is 2. The maximum atomic E-state index is 11.7. The van der Waals surface area contributed by atoms with Gasteiger partial charge in [0.25, 0.3) is 0 Å². The van der Waals surface area contributed by atoms with Gasteiger partial charge in [0.05, 0.1) is 18.3 Å². The molecule has 2 N–H and O–H groups in total. The number of nitrogens with zero attached hydrogens (tertiary/aromatic N) is 1. The Bertz CT molecular complexity index is 373. The van der Waals surface area contributed by atoms with Crippen molar-refractivity contribution in [2.75, 3.05) is 20.3 Å². The van der Waals surface area contributed by atoms with Crippen molar-refractivity contribution in [2.45, 2.75) is 33.4 Å². The number of ether oxygens (including phenoxy) is 1. The number of hydrogen-bond donors (Lipinski definition) is 2. The maximum Gasteiger partial charge on any atom is 0.236 e. The Kier molecular flexibility index (Phi) is 6.24. The van der Waals surface area contributed by atoms with Crippen LogP contribution in [0.1, 0.15) is 22.5 Å². The van der Waals surface area contributed by atoms with Crippen LogP contribution in [-0.4, -0.2) is 37.2 Å². The SMILES string of the molecule is COCCNC(=O)C(C)NCc1nc(C)c(C)s1. The number of carbonyl (C=O) groups is 1. The highest BCUT2D eigenvalue weighted by Crippen LogP contribution is 2.15. The van der Waals surface area contributed by atoms with Crippen LogP contribution in [-0.2, 0) is 16.1 Å². The van der Waals surface area contributed by atoms with Crippen molar-refractivity contribution < 1.29 is 9.53 Å². The number of aromatic nitrogens is 1. The molecule has 0 aliphatic heterocycles. The van der Waals surface area contributed by atoms with Crippen LogP contribution < -0.4 is 10.6 Å². The standard InChI is InChI=1S/C12H21N3O2S/c1-8-10(3)18-11(15-8)7-14-9(2)12(16)13-5-6-17-4/h9,14H,5-7H2,1-4H3,(H,13,16). The molecule has 1 rings (SSSR count). The normalized spacial score (nSPS) is 12.4. The summed E-state index contributed by atoms with van der Waals surface area (Å²) in [6.07, 6.45) is 0. The highest BCUT2D eigenvalue weighted by molar-refractivity contribution is 7.11. The van der Waals surface area contributed by atoms with Crippen molar-refractivity contribution in [3.8, 4) is 0 Å². The van der Waals surface area contributed by atoms with Crippen LogP contribution in [0, 0.1) is 13.8 Å². The molecular weight excluding hydrogens is 250 g/mol. The molecule has 0 aromatic carbocycles. The minimum absolute atomic E-state index is 0.0166. The second kappa shape index (κ2) is 7.45. The van der Waals surface area contributed by atoms with Gasteiger partial charge in [0, 0.05) is 25.1 Å². The Morgan fingerprint density at radius 3 is 2.78 bits per heavy atom. The van der Waals surface area contributed by atoms with E-state index in [0.29, 0.717) is 19.7 Å². The van der Waals surface area contributed by atoms with Gasteiger partial charge in [0.1, 0.15) is 5.01 Å². The third-order valence-corrected chi connectivity index (χ3v) is 3.70. The van der Waals surface area contributed by atoms with Gasteiger partial charge in [0.15, 0.2) is 0 Å². The van der Waals surface area contributed by atoms with Crippen LogP contribution in [0.3, 0.4) is 0 Å². The van der Waals surface area contributed by atoms with Gasteiger partial charge in [-0.3, -0.25) is 10.1 Å². The van der Waals surface area contributed by atoms with E-state index in [1.165, 1.54) is 4.88 Å². The van der Waals surface area contributed by atoms with E-state index in [-0.39, 0.29) is 11.9 Å². The predicted octanol–water partition coefficient (Wildman–Crippen LogP) is 1.00. The molecule has 0 aliphatic carbocycles. The summed E-state index contributed by atoms with van der Waals surface area (Å²) in [5.74, 6) is -0.0166. The minimum atomic E-state index is -0.230. The Balaban J connectivity index is 2.31. The van der Waals surface area contributed by atoms with E-state index < -0.39 is 0 Å². The van der Waals surface area contributed by atoms with Crippen molar-refractivity contribution >= 4 is 17.2 Å². The summed E-state index contributed by atoms with van der Waals surface area (Å²) < 4.78 is 4.87. The Labute approximate surface area is 112 Å². The zero-order valence-electron chi connectivity index (χ0n) is 11.4. The third-order valence-electron chi connectivity index (χ3n) is 2.63. The molecule has 1 atom stereocenters. The van der Waals surface area contributed by atoms with Gasteiger partial charge in [-0.2, -0.15) is 0 Å². The number of thiazole rings is 1. The van der Waals surface area contributed by atoms with E-state index in [2.05, 4.69) is 22.5 Å². The monoisotopic (exact) mass is 271 g/mol. The molecule has 1 aromatic heterocycles. The lowest BCUT2D eigenvalue weighted by molar-refractivity contribution is -0.122. The van der Waals surface area contributed by atoms with Gasteiger partial charge in [-0.05, 0) is 20.8 Å². The van der Waals surface area contributed by atoms with Crippen LogP contribution in [0.5, 0.6) is 0 Å². The summed E-state index contributed by atoms with van der Waals surface area (Å²) in [6, 6.07) is -0.230. The summed E-state index contributed by atoms with van der Waals surface area (Å²) in [6.45, 7) is 7.58. The highest BCUT2D eigenvalue weighted by atomic mass is 32.1. The van der Waals surface area contributed by atoms with E-state index >= 15 is 0 Å². The van der Waals surface area contributed by atoms with E-state index in [9.17, 15) is 4.79 Å². The van der Waals surface area contributed by atoms with Crippen molar-refractivity contribution in [2.24, 2.45) is 0 Å². The zero-order chi connectivity index (χ0) is 13.5. The van der Waals surface area contributed by atoms with Crippen molar-refractivity contribution in [3.63, 3.8) is 0 Å².